The molecule has 110 valence electrons. The van der Waals surface area contributed by atoms with Gasteiger partial charge in [-0.15, -0.1) is 0 Å². The summed E-state index contributed by atoms with van der Waals surface area (Å²) in [5.41, 5.74) is 5.72. The van der Waals surface area contributed by atoms with E-state index < -0.39 is 23.5 Å². The van der Waals surface area contributed by atoms with Crippen LogP contribution in [0, 0.1) is 0 Å². The van der Waals surface area contributed by atoms with Crippen LogP contribution in [0.25, 0.3) is 0 Å². The van der Waals surface area contributed by atoms with Gasteiger partial charge in [-0.05, 0) is 18.9 Å². The topological polar surface area (TPSA) is 92.4 Å². The molecule has 2 atom stereocenters. The maximum Gasteiger partial charge on any atom is 0.326 e. The van der Waals surface area contributed by atoms with Gasteiger partial charge in [0.25, 0.3) is 0 Å². The molecule has 20 heavy (non-hydrogen) atoms. The fourth-order valence-electron chi connectivity index (χ4n) is 2.01. The van der Waals surface area contributed by atoms with E-state index in [2.05, 4.69) is 5.32 Å². The van der Waals surface area contributed by atoms with Gasteiger partial charge in [0.05, 0.1) is 5.54 Å². The molecule has 0 aliphatic carbocycles. The van der Waals surface area contributed by atoms with Gasteiger partial charge in [0.15, 0.2) is 0 Å². The van der Waals surface area contributed by atoms with Gasteiger partial charge in [0.2, 0.25) is 5.91 Å². The summed E-state index contributed by atoms with van der Waals surface area (Å²) in [4.78, 5) is 23.3. The van der Waals surface area contributed by atoms with Crippen LogP contribution < -0.4 is 11.1 Å². The number of nitrogens with one attached hydrogen (secondary N) is 1. The molecule has 4 N–H and O–H groups in total. The maximum absolute atomic E-state index is 12.1. The maximum atomic E-state index is 12.1. The van der Waals surface area contributed by atoms with Crippen LogP contribution in [0.1, 0.15) is 32.3 Å². The summed E-state index contributed by atoms with van der Waals surface area (Å²) in [6.45, 7) is 3.55. The SMILES string of the molecule is CCCC(C)(N)C(=O)N[C@@H](Cc1ccccc1)C(=O)O. The molecular formula is C15H22N2O3. The number of aliphatic carboxylic acids is 1. The van der Waals surface area contributed by atoms with E-state index in [0.717, 1.165) is 12.0 Å². The third-order valence-corrected chi connectivity index (χ3v) is 3.17. The van der Waals surface area contributed by atoms with E-state index >= 15 is 0 Å². The van der Waals surface area contributed by atoms with E-state index in [1.807, 2.05) is 37.3 Å². The summed E-state index contributed by atoms with van der Waals surface area (Å²) in [7, 11) is 0. The Morgan fingerprint density at radius 1 is 1.35 bits per heavy atom. The van der Waals surface area contributed by atoms with Crippen molar-refractivity contribution in [2.45, 2.75) is 44.7 Å². The molecule has 0 saturated heterocycles. The number of rotatable bonds is 7. The minimum absolute atomic E-state index is 0.240. The molecule has 0 heterocycles. The van der Waals surface area contributed by atoms with Crippen molar-refractivity contribution < 1.29 is 14.7 Å². The van der Waals surface area contributed by atoms with Gasteiger partial charge in [-0.25, -0.2) is 4.79 Å². The van der Waals surface area contributed by atoms with Crippen LogP contribution in [0.4, 0.5) is 0 Å². The number of amides is 1. The lowest BCUT2D eigenvalue weighted by atomic mass is 9.95. The predicted octanol–water partition coefficient (Wildman–Crippen LogP) is 1.32. The van der Waals surface area contributed by atoms with Gasteiger partial charge in [0.1, 0.15) is 6.04 Å². The average Bonchev–Trinajstić information content (AvgIpc) is 2.38. The molecular weight excluding hydrogens is 256 g/mol. The normalized spacial score (nSPS) is 15.2. The molecule has 0 fully saturated rings. The lowest BCUT2D eigenvalue weighted by Crippen LogP contribution is -2.56. The third-order valence-electron chi connectivity index (χ3n) is 3.17. The Hall–Kier alpha value is -1.88. The van der Waals surface area contributed by atoms with Crippen molar-refractivity contribution >= 4 is 11.9 Å². The summed E-state index contributed by atoms with van der Waals surface area (Å²) in [6, 6.07) is 8.21. The standard InChI is InChI=1S/C15H22N2O3/c1-3-9-15(2,16)14(20)17-12(13(18)19)10-11-7-5-4-6-8-11/h4-8,12H,3,9-10,16H2,1-2H3,(H,17,20)(H,18,19)/t12-,15?/m0/s1. The second-order valence-corrected chi connectivity index (χ2v) is 5.22. The Morgan fingerprint density at radius 3 is 2.45 bits per heavy atom. The number of hydrogen-bond acceptors (Lipinski definition) is 3. The van der Waals surface area contributed by atoms with Crippen LogP contribution in [0.2, 0.25) is 0 Å². The zero-order valence-electron chi connectivity index (χ0n) is 11.9. The highest BCUT2D eigenvalue weighted by atomic mass is 16.4. The van der Waals surface area contributed by atoms with Crippen LogP contribution in [0.3, 0.4) is 0 Å². The number of carbonyl (C=O) groups is 2. The van der Waals surface area contributed by atoms with Crippen LogP contribution >= 0.6 is 0 Å². The molecule has 0 spiro atoms. The zero-order chi connectivity index (χ0) is 15.2. The summed E-state index contributed by atoms with van der Waals surface area (Å²) in [6.07, 6.45) is 1.51. The number of carboxylic acid groups (broad SMARTS) is 1. The van der Waals surface area contributed by atoms with Crippen LogP contribution in [-0.4, -0.2) is 28.6 Å². The highest BCUT2D eigenvalue weighted by molar-refractivity contribution is 5.89. The first-order valence-corrected chi connectivity index (χ1v) is 6.73. The quantitative estimate of drug-likeness (QED) is 0.701. The molecule has 0 aromatic heterocycles. The molecule has 1 aromatic carbocycles. The van der Waals surface area contributed by atoms with Crippen molar-refractivity contribution in [1.29, 1.82) is 0 Å². The lowest BCUT2D eigenvalue weighted by Gasteiger charge is -2.25. The Bertz CT molecular complexity index is 457. The van der Waals surface area contributed by atoms with E-state index in [9.17, 15) is 14.7 Å². The van der Waals surface area contributed by atoms with Crippen molar-refractivity contribution in [1.82, 2.24) is 5.32 Å². The zero-order valence-corrected chi connectivity index (χ0v) is 11.9. The highest BCUT2D eigenvalue weighted by Crippen LogP contribution is 2.10. The second kappa shape index (κ2) is 7.05. The molecule has 1 rings (SSSR count). The predicted molar refractivity (Wildman–Crippen MR) is 77.2 cm³/mol. The second-order valence-electron chi connectivity index (χ2n) is 5.22. The van der Waals surface area contributed by atoms with Crippen molar-refractivity contribution in [3.05, 3.63) is 35.9 Å². The van der Waals surface area contributed by atoms with Gasteiger partial charge < -0.3 is 16.2 Å². The summed E-state index contributed by atoms with van der Waals surface area (Å²) < 4.78 is 0. The Labute approximate surface area is 119 Å². The number of carboxylic acids is 1. The van der Waals surface area contributed by atoms with Crippen molar-refractivity contribution in [2.75, 3.05) is 0 Å². The fourth-order valence-corrected chi connectivity index (χ4v) is 2.01. The smallest absolute Gasteiger partial charge is 0.326 e. The van der Waals surface area contributed by atoms with Crippen LogP contribution in [-0.2, 0) is 16.0 Å². The molecule has 5 heteroatoms. The molecule has 0 aliphatic rings. The Balaban J connectivity index is 2.73. The van der Waals surface area contributed by atoms with Crippen molar-refractivity contribution in [3.8, 4) is 0 Å². The molecule has 1 amide bonds. The van der Waals surface area contributed by atoms with E-state index in [-0.39, 0.29) is 6.42 Å². The minimum atomic E-state index is -1.06. The minimum Gasteiger partial charge on any atom is -0.480 e. The average molecular weight is 278 g/mol. The lowest BCUT2D eigenvalue weighted by molar-refractivity contribution is -0.142. The fraction of sp³-hybridized carbons (Fsp3) is 0.467. The first kappa shape index (κ1) is 16.2. The first-order chi connectivity index (χ1) is 9.36. The van der Waals surface area contributed by atoms with Crippen molar-refractivity contribution in [2.24, 2.45) is 5.73 Å². The molecule has 1 aromatic rings. The molecule has 0 saturated carbocycles. The summed E-state index contributed by atoms with van der Waals surface area (Å²) in [5, 5.41) is 11.8. The van der Waals surface area contributed by atoms with E-state index in [0.29, 0.717) is 6.42 Å². The Morgan fingerprint density at radius 2 is 1.95 bits per heavy atom. The molecule has 1 unspecified atom stereocenters. The number of nitrogens with two attached hydrogens (primary N) is 1. The number of hydrogen-bond donors (Lipinski definition) is 3. The van der Waals surface area contributed by atoms with Crippen LogP contribution in [0.5, 0.6) is 0 Å². The number of carbonyl (C=O) groups excluding carboxylic acids is 1. The van der Waals surface area contributed by atoms with E-state index in [1.54, 1.807) is 6.92 Å². The van der Waals surface area contributed by atoms with Gasteiger partial charge in [-0.2, -0.15) is 0 Å². The first-order valence-electron chi connectivity index (χ1n) is 6.73. The van der Waals surface area contributed by atoms with Gasteiger partial charge in [-0.1, -0.05) is 43.7 Å². The highest BCUT2D eigenvalue weighted by Gasteiger charge is 2.31. The van der Waals surface area contributed by atoms with Crippen molar-refractivity contribution in [3.63, 3.8) is 0 Å². The van der Waals surface area contributed by atoms with Gasteiger partial charge in [-0.3, -0.25) is 4.79 Å². The van der Waals surface area contributed by atoms with E-state index in [1.165, 1.54) is 0 Å². The van der Waals surface area contributed by atoms with Gasteiger partial charge >= 0.3 is 5.97 Å². The van der Waals surface area contributed by atoms with Crippen LogP contribution in [0.15, 0.2) is 30.3 Å². The molecule has 0 radical (unpaired) electrons. The monoisotopic (exact) mass is 278 g/mol. The third kappa shape index (κ3) is 4.66. The molecule has 0 bridgehead atoms. The molecule has 0 aliphatic heterocycles. The number of benzene rings is 1. The van der Waals surface area contributed by atoms with E-state index in [4.69, 9.17) is 5.73 Å². The summed E-state index contributed by atoms with van der Waals surface area (Å²) in [5.74, 6) is -1.49. The summed E-state index contributed by atoms with van der Waals surface area (Å²) >= 11 is 0. The molecule has 5 nitrogen and oxygen atoms in total. The largest absolute Gasteiger partial charge is 0.480 e. The van der Waals surface area contributed by atoms with Gasteiger partial charge in [0, 0.05) is 6.42 Å². The Kier molecular flexibility index (Phi) is 5.70.